The summed E-state index contributed by atoms with van der Waals surface area (Å²) in [5.41, 5.74) is 1.04. The van der Waals surface area contributed by atoms with Crippen LogP contribution in [0.5, 0.6) is 0 Å². The molecular weight excluding hydrogens is 316 g/mol. The molecule has 0 aliphatic carbocycles. The van der Waals surface area contributed by atoms with Crippen molar-refractivity contribution in [2.75, 3.05) is 6.54 Å². The predicted molar refractivity (Wildman–Crippen MR) is 88.2 cm³/mol. The number of furan rings is 1. The number of aliphatic hydroxyl groups excluding tert-OH is 1. The first-order chi connectivity index (χ1) is 11.1. The summed E-state index contributed by atoms with van der Waals surface area (Å²) >= 11 is 5.96. The Labute approximate surface area is 138 Å². The monoisotopic (exact) mass is 332 g/mol. The lowest BCUT2D eigenvalue weighted by atomic mass is 10.2. The molecule has 2 N–H and O–H groups in total. The molecule has 0 aliphatic rings. The number of rotatable bonds is 6. The van der Waals surface area contributed by atoms with Crippen LogP contribution in [0.1, 0.15) is 18.3 Å². The number of hydrogen-bond acceptors (Lipinski definition) is 3. The summed E-state index contributed by atoms with van der Waals surface area (Å²) in [4.78, 5) is 11.9. The molecule has 0 aliphatic heterocycles. The molecule has 23 heavy (non-hydrogen) atoms. The number of fused-ring (bicyclic) bond motifs is 1. The van der Waals surface area contributed by atoms with Crippen LogP contribution in [0.4, 0.5) is 0 Å². The summed E-state index contributed by atoms with van der Waals surface area (Å²) in [5.74, 6) is 0.324. The Morgan fingerprint density at radius 3 is 3.00 bits per heavy atom. The first-order valence-electron chi connectivity index (χ1n) is 7.36. The Kier molecular flexibility index (Phi) is 4.69. The summed E-state index contributed by atoms with van der Waals surface area (Å²) in [5, 5.41) is 14.3. The Hall–Kier alpha value is -2.24. The SMILES string of the molecule is O=C(CCn1ccc2cc(Cl)ccc21)NC[C@@H](O)c1ccco1. The van der Waals surface area contributed by atoms with Gasteiger partial charge in [-0.05, 0) is 36.4 Å². The molecule has 0 spiro atoms. The second-order valence-corrected chi connectivity index (χ2v) is 5.73. The van der Waals surface area contributed by atoms with Crippen molar-refractivity contribution in [2.45, 2.75) is 19.1 Å². The van der Waals surface area contributed by atoms with Crippen LogP contribution in [0.2, 0.25) is 5.02 Å². The molecule has 0 saturated carbocycles. The van der Waals surface area contributed by atoms with E-state index >= 15 is 0 Å². The Bertz CT molecular complexity index is 795. The maximum atomic E-state index is 11.9. The van der Waals surface area contributed by atoms with Gasteiger partial charge in [0.05, 0.1) is 12.8 Å². The number of carbonyl (C=O) groups is 1. The normalized spacial score (nSPS) is 12.4. The smallest absolute Gasteiger partial charge is 0.221 e. The third-order valence-corrected chi connectivity index (χ3v) is 3.91. The van der Waals surface area contributed by atoms with Gasteiger partial charge >= 0.3 is 0 Å². The zero-order chi connectivity index (χ0) is 16.2. The van der Waals surface area contributed by atoms with Crippen LogP contribution in [-0.2, 0) is 11.3 Å². The molecule has 5 nitrogen and oxygen atoms in total. The fourth-order valence-electron chi connectivity index (χ4n) is 2.47. The lowest BCUT2D eigenvalue weighted by Crippen LogP contribution is -2.28. The van der Waals surface area contributed by atoms with E-state index in [9.17, 15) is 9.90 Å². The molecule has 3 rings (SSSR count). The number of aryl methyl sites for hydroxylation is 1. The number of benzene rings is 1. The van der Waals surface area contributed by atoms with Crippen molar-refractivity contribution in [3.63, 3.8) is 0 Å². The van der Waals surface area contributed by atoms with Crippen molar-refractivity contribution < 1.29 is 14.3 Å². The van der Waals surface area contributed by atoms with Crippen LogP contribution in [0.15, 0.2) is 53.3 Å². The minimum atomic E-state index is -0.830. The van der Waals surface area contributed by atoms with Gasteiger partial charge in [0.25, 0.3) is 0 Å². The van der Waals surface area contributed by atoms with E-state index in [4.69, 9.17) is 16.0 Å². The number of nitrogens with zero attached hydrogens (tertiary/aromatic N) is 1. The summed E-state index contributed by atoms with van der Waals surface area (Å²) < 4.78 is 7.10. The van der Waals surface area contributed by atoms with Crippen molar-refractivity contribution in [1.29, 1.82) is 0 Å². The largest absolute Gasteiger partial charge is 0.467 e. The third kappa shape index (κ3) is 3.75. The molecule has 1 aromatic carbocycles. The summed E-state index contributed by atoms with van der Waals surface area (Å²) in [7, 11) is 0. The molecule has 2 heterocycles. The Balaban J connectivity index is 1.52. The topological polar surface area (TPSA) is 67.4 Å². The van der Waals surface area contributed by atoms with Gasteiger partial charge < -0.3 is 19.4 Å². The van der Waals surface area contributed by atoms with Gasteiger partial charge in [0, 0.05) is 35.1 Å². The van der Waals surface area contributed by atoms with E-state index in [-0.39, 0.29) is 12.5 Å². The number of hydrogen-bond donors (Lipinski definition) is 2. The number of carbonyl (C=O) groups excluding carboxylic acids is 1. The summed E-state index contributed by atoms with van der Waals surface area (Å²) in [6, 6.07) is 11.0. The fraction of sp³-hybridized carbons (Fsp3) is 0.235. The van der Waals surface area contributed by atoms with Crippen LogP contribution in [-0.4, -0.2) is 22.1 Å². The third-order valence-electron chi connectivity index (χ3n) is 3.68. The van der Waals surface area contributed by atoms with E-state index < -0.39 is 6.10 Å². The second kappa shape index (κ2) is 6.89. The zero-order valence-electron chi connectivity index (χ0n) is 12.4. The van der Waals surface area contributed by atoms with Gasteiger partial charge in [0.2, 0.25) is 5.91 Å². The molecule has 3 aromatic rings. The number of aromatic nitrogens is 1. The molecule has 0 bridgehead atoms. The minimum absolute atomic E-state index is 0.119. The first-order valence-corrected chi connectivity index (χ1v) is 7.74. The summed E-state index contributed by atoms with van der Waals surface area (Å²) in [6.45, 7) is 0.697. The highest BCUT2D eigenvalue weighted by atomic mass is 35.5. The van der Waals surface area contributed by atoms with Crippen molar-refractivity contribution in [3.8, 4) is 0 Å². The van der Waals surface area contributed by atoms with Crippen molar-refractivity contribution in [3.05, 3.63) is 59.6 Å². The van der Waals surface area contributed by atoms with E-state index in [2.05, 4.69) is 5.32 Å². The number of nitrogens with one attached hydrogen (secondary N) is 1. The van der Waals surface area contributed by atoms with Crippen LogP contribution in [0.3, 0.4) is 0 Å². The zero-order valence-corrected chi connectivity index (χ0v) is 13.2. The highest BCUT2D eigenvalue weighted by molar-refractivity contribution is 6.31. The fourth-order valence-corrected chi connectivity index (χ4v) is 2.65. The maximum Gasteiger partial charge on any atom is 0.221 e. The molecule has 1 amide bonds. The van der Waals surface area contributed by atoms with Gasteiger partial charge in [-0.1, -0.05) is 11.6 Å². The average molecular weight is 333 g/mol. The molecule has 0 saturated heterocycles. The van der Waals surface area contributed by atoms with Gasteiger partial charge in [-0.2, -0.15) is 0 Å². The Morgan fingerprint density at radius 2 is 2.22 bits per heavy atom. The predicted octanol–water partition coefficient (Wildman–Crippen LogP) is 3.13. The molecule has 6 heteroatoms. The van der Waals surface area contributed by atoms with Crippen LogP contribution < -0.4 is 5.32 Å². The quantitative estimate of drug-likeness (QED) is 0.728. The lowest BCUT2D eigenvalue weighted by Gasteiger charge is -2.10. The van der Waals surface area contributed by atoms with E-state index in [1.165, 1.54) is 6.26 Å². The van der Waals surface area contributed by atoms with Crippen molar-refractivity contribution in [1.82, 2.24) is 9.88 Å². The van der Waals surface area contributed by atoms with E-state index in [1.807, 2.05) is 35.0 Å². The number of halogens is 1. The van der Waals surface area contributed by atoms with Crippen LogP contribution >= 0.6 is 11.6 Å². The van der Waals surface area contributed by atoms with Crippen molar-refractivity contribution >= 4 is 28.4 Å². The van der Waals surface area contributed by atoms with E-state index in [1.54, 1.807) is 12.1 Å². The Morgan fingerprint density at radius 1 is 1.35 bits per heavy atom. The van der Waals surface area contributed by atoms with E-state index in [0.717, 1.165) is 10.9 Å². The van der Waals surface area contributed by atoms with Crippen LogP contribution in [0.25, 0.3) is 10.9 Å². The number of amides is 1. The van der Waals surface area contributed by atoms with Gasteiger partial charge in [-0.3, -0.25) is 4.79 Å². The second-order valence-electron chi connectivity index (χ2n) is 5.30. The standard InChI is InChI=1S/C17H17ClN2O3/c18-13-3-4-14-12(10-13)5-7-20(14)8-6-17(22)19-11-15(21)16-2-1-9-23-16/h1-5,7,9-10,15,21H,6,8,11H2,(H,19,22)/t15-/m1/s1. The van der Waals surface area contributed by atoms with Crippen molar-refractivity contribution in [2.24, 2.45) is 0 Å². The maximum absolute atomic E-state index is 11.9. The highest BCUT2D eigenvalue weighted by Gasteiger charge is 2.12. The molecule has 0 unspecified atom stereocenters. The molecular formula is C17H17ClN2O3. The molecule has 1 atom stereocenters. The number of aliphatic hydroxyl groups is 1. The molecule has 2 aromatic heterocycles. The van der Waals surface area contributed by atoms with Gasteiger partial charge in [-0.25, -0.2) is 0 Å². The lowest BCUT2D eigenvalue weighted by molar-refractivity contribution is -0.121. The van der Waals surface area contributed by atoms with Gasteiger partial charge in [0.15, 0.2) is 0 Å². The first kappa shape index (κ1) is 15.6. The molecule has 0 radical (unpaired) electrons. The van der Waals surface area contributed by atoms with Crippen LogP contribution in [0, 0.1) is 0 Å². The minimum Gasteiger partial charge on any atom is -0.467 e. The summed E-state index contributed by atoms with van der Waals surface area (Å²) in [6.07, 6.45) is 2.93. The van der Waals surface area contributed by atoms with Gasteiger partial charge in [0.1, 0.15) is 11.9 Å². The highest BCUT2D eigenvalue weighted by Crippen LogP contribution is 2.20. The van der Waals surface area contributed by atoms with E-state index in [0.29, 0.717) is 23.7 Å². The molecule has 0 fully saturated rings. The average Bonchev–Trinajstić information content (AvgIpc) is 3.20. The van der Waals surface area contributed by atoms with Gasteiger partial charge in [-0.15, -0.1) is 0 Å². The molecule has 120 valence electrons.